The summed E-state index contributed by atoms with van der Waals surface area (Å²) >= 11 is 0. The van der Waals surface area contributed by atoms with Crippen molar-refractivity contribution in [2.24, 2.45) is 11.7 Å². The summed E-state index contributed by atoms with van der Waals surface area (Å²) in [5.41, 5.74) is 5.20. The fourth-order valence-electron chi connectivity index (χ4n) is 1.72. The Morgan fingerprint density at radius 3 is 2.50 bits per heavy atom. The molecule has 1 heterocycles. The summed E-state index contributed by atoms with van der Waals surface area (Å²) in [6, 6.07) is 3.30. The maximum absolute atomic E-state index is 10.8. The van der Waals surface area contributed by atoms with Gasteiger partial charge in [-0.25, -0.2) is 0 Å². The minimum Gasteiger partial charge on any atom is -0.481 e. The van der Waals surface area contributed by atoms with Gasteiger partial charge in [0, 0.05) is 6.04 Å². The van der Waals surface area contributed by atoms with Gasteiger partial charge in [0.05, 0.1) is 5.92 Å². The Kier molecular flexibility index (Phi) is 5.89. The quantitative estimate of drug-likeness (QED) is 0.659. The van der Waals surface area contributed by atoms with Gasteiger partial charge in [0.15, 0.2) is 5.69 Å². The molecule has 2 atom stereocenters. The number of nitrogens with two attached hydrogens (primary N) is 1. The molecule has 0 aliphatic rings. The van der Waals surface area contributed by atoms with Crippen molar-refractivity contribution in [3.05, 3.63) is 17.8 Å². The summed E-state index contributed by atoms with van der Waals surface area (Å²) in [7, 11) is 0. The predicted octanol–water partition coefficient (Wildman–Crippen LogP) is 1.27. The van der Waals surface area contributed by atoms with Gasteiger partial charge in [-0.1, -0.05) is 13.3 Å². The van der Waals surface area contributed by atoms with Crippen LogP contribution in [0.5, 0.6) is 0 Å². The third-order valence-electron chi connectivity index (χ3n) is 3.01. The Hall–Kier alpha value is -2.18. The molecule has 7 nitrogen and oxygen atoms in total. The number of hydrogen-bond donors (Lipinski definition) is 3. The average molecular weight is 280 g/mol. The second kappa shape index (κ2) is 7.42. The number of carboxylic acids is 1. The van der Waals surface area contributed by atoms with Crippen LogP contribution in [0.4, 0.5) is 5.82 Å². The van der Waals surface area contributed by atoms with Crippen LogP contribution in [0.2, 0.25) is 0 Å². The molecule has 1 amide bonds. The molecular formula is C13H20N4O3. The Morgan fingerprint density at radius 2 is 2.00 bits per heavy atom. The van der Waals surface area contributed by atoms with Gasteiger partial charge in [-0.05, 0) is 31.9 Å². The first-order chi connectivity index (χ1) is 9.40. The highest BCUT2D eigenvalue weighted by molar-refractivity contribution is 5.90. The average Bonchev–Trinajstić information content (AvgIpc) is 2.39. The second-order valence-corrected chi connectivity index (χ2v) is 4.88. The Bertz CT molecular complexity index is 461. The van der Waals surface area contributed by atoms with Gasteiger partial charge in [-0.3, -0.25) is 9.59 Å². The molecule has 0 fully saturated rings. The molecule has 0 radical (unpaired) electrons. The molecule has 1 rings (SSSR count). The zero-order chi connectivity index (χ0) is 15.1. The number of hydrogen-bond acceptors (Lipinski definition) is 5. The lowest BCUT2D eigenvalue weighted by molar-refractivity contribution is -0.141. The first-order valence-corrected chi connectivity index (χ1v) is 6.53. The van der Waals surface area contributed by atoms with E-state index in [2.05, 4.69) is 15.5 Å². The number of aliphatic carboxylic acids is 1. The van der Waals surface area contributed by atoms with Crippen LogP contribution < -0.4 is 11.1 Å². The largest absolute Gasteiger partial charge is 0.481 e. The fourth-order valence-corrected chi connectivity index (χ4v) is 1.72. The van der Waals surface area contributed by atoms with Crippen LogP contribution in [0.25, 0.3) is 0 Å². The minimum atomic E-state index is -0.765. The molecule has 20 heavy (non-hydrogen) atoms. The first-order valence-electron chi connectivity index (χ1n) is 6.53. The normalized spacial score (nSPS) is 13.5. The van der Waals surface area contributed by atoms with E-state index in [1.165, 1.54) is 6.07 Å². The summed E-state index contributed by atoms with van der Waals surface area (Å²) in [6.45, 7) is 3.68. The SMILES string of the molecule is CC(CCCC(C)C(=O)O)Nc1ccc(C(N)=O)nn1. The Labute approximate surface area is 117 Å². The number of aromatic nitrogens is 2. The van der Waals surface area contributed by atoms with Crippen LogP contribution in [-0.2, 0) is 4.79 Å². The highest BCUT2D eigenvalue weighted by atomic mass is 16.4. The van der Waals surface area contributed by atoms with Crippen molar-refractivity contribution in [3.8, 4) is 0 Å². The molecule has 4 N–H and O–H groups in total. The van der Waals surface area contributed by atoms with E-state index < -0.39 is 11.9 Å². The van der Waals surface area contributed by atoms with E-state index >= 15 is 0 Å². The summed E-state index contributed by atoms with van der Waals surface area (Å²) in [5, 5.41) is 19.5. The van der Waals surface area contributed by atoms with Crippen LogP contribution in [0.3, 0.4) is 0 Å². The Balaban J connectivity index is 2.36. The molecule has 0 bridgehead atoms. The van der Waals surface area contributed by atoms with E-state index in [0.29, 0.717) is 12.2 Å². The molecule has 0 spiro atoms. The van der Waals surface area contributed by atoms with Crippen molar-refractivity contribution in [1.82, 2.24) is 10.2 Å². The lowest BCUT2D eigenvalue weighted by Gasteiger charge is -2.14. The second-order valence-electron chi connectivity index (χ2n) is 4.88. The van der Waals surface area contributed by atoms with E-state index in [1.54, 1.807) is 13.0 Å². The number of carboxylic acid groups (broad SMARTS) is 1. The van der Waals surface area contributed by atoms with Gasteiger partial charge >= 0.3 is 5.97 Å². The first kappa shape index (κ1) is 15.9. The van der Waals surface area contributed by atoms with Crippen molar-refractivity contribution in [1.29, 1.82) is 0 Å². The lowest BCUT2D eigenvalue weighted by Crippen LogP contribution is -2.19. The van der Waals surface area contributed by atoms with E-state index in [9.17, 15) is 9.59 Å². The number of nitrogens with zero attached hydrogens (tertiary/aromatic N) is 2. The van der Waals surface area contributed by atoms with Crippen molar-refractivity contribution in [2.75, 3.05) is 5.32 Å². The molecule has 0 saturated heterocycles. The molecule has 0 aliphatic carbocycles. The van der Waals surface area contributed by atoms with Crippen molar-refractivity contribution >= 4 is 17.7 Å². The van der Waals surface area contributed by atoms with Crippen LogP contribution in [0, 0.1) is 5.92 Å². The van der Waals surface area contributed by atoms with Gasteiger partial charge in [0.2, 0.25) is 0 Å². The smallest absolute Gasteiger partial charge is 0.306 e. The van der Waals surface area contributed by atoms with Crippen LogP contribution in [-0.4, -0.2) is 33.2 Å². The number of primary amides is 1. The van der Waals surface area contributed by atoms with E-state index in [4.69, 9.17) is 10.8 Å². The molecule has 1 aromatic heterocycles. The number of carbonyl (C=O) groups excluding carboxylic acids is 1. The third kappa shape index (κ3) is 5.21. The predicted molar refractivity (Wildman–Crippen MR) is 74.3 cm³/mol. The maximum Gasteiger partial charge on any atom is 0.306 e. The van der Waals surface area contributed by atoms with E-state index in [1.807, 2.05) is 6.92 Å². The highest BCUT2D eigenvalue weighted by Crippen LogP contribution is 2.12. The third-order valence-corrected chi connectivity index (χ3v) is 3.01. The van der Waals surface area contributed by atoms with Crippen LogP contribution in [0.15, 0.2) is 12.1 Å². The molecule has 0 aliphatic heterocycles. The molecule has 2 unspecified atom stereocenters. The van der Waals surface area contributed by atoms with Crippen molar-refractivity contribution in [3.63, 3.8) is 0 Å². The lowest BCUT2D eigenvalue weighted by atomic mass is 10.0. The van der Waals surface area contributed by atoms with Gasteiger partial charge in [0.25, 0.3) is 5.91 Å². The van der Waals surface area contributed by atoms with Crippen LogP contribution in [0.1, 0.15) is 43.6 Å². The summed E-state index contributed by atoms with van der Waals surface area (Å²) in [5.74, 6) is -1.14. The summed E-state index contributed by atoms with van der Waals surface area (Å²) < 4.78 is 0. The topological polar surface area (TPSA) is 118 Å². The fraction of sp³-hybridized carbons (Fsp3) is 0.538. The molecule has 110 valence electrons. The van der Waals surface area contributed by atoms with E-state index in [-0.39, 0.29) is 17.7 Å². The number of amides is 1. The Morgan fingerprint density at radius 1 is 1.30 bits per heavy atom. The van der Waals surface area contributed by atoms with Crippen molar-refractivity contribution < 1.29 is 14.7 Å². The minimum absolute atomic E-state index is 0.124. The summed E-state index contributed by atoms with van der Waals surface area (Å²) in [6.07, 6.45) is 2.29. The number of rotatable bonds is 8. The monoisotopic (exact) mass is 280 g/mol. The zero-order valence-electron chi connectivity index (χ0n) is 11.7. The van der Waals surface area contributed by atoms with Gasteiger partial charge in [-0.15, -0.1) is 10.2 Å². The number of nitrogens with one attached hydrogen (secondary N) is 1. The van der Waals surface area contributed by atoms with Gasteiger partial charge in [0.1, 0.15) is 5.82 Å². The van der Waals surface area contributed by atoms with Gasteiger partial charge < -0.3 is 16.2 Å². The highest BCUT2D eigenvalue weighted by Gasteiger charge is 2.11. The molecule has 7 heteroatoms. The molecule has 1 aromatic rings. The molecular weight excluding hydrogens is 260 g/mol. The van der Waals surface area contributed by atoms with Crippen molar-refractivity contribution in [2.45, 2.75) is 39.2 Å². The number of carbonyl (C=O) groups is 2. The standard InChI is InChI=1S/C13H20N4O3/c1-8(13(19)20)4-3-5-9(2)15-11-7-6-10(12(14)18)16-17-11/h6-9H,3-5H2,1-2H3,(H2,14,18)(H,15,17)(H,19,20). The maximum atomic E-state index is 10.8. The van der Waals surface area contributed by atoms with E-state index in [0.717, 1.165) is 12.8 Å². The summed E-state index contributed by atoms with van der Waals surface area (Å²) in [4.78, 5) is 21.5. The zero-order valence-corrected chi connectivity index (χ0v) is 11.7. The molecule has 0 aromatic carbocycles. The number of anilines is 1. The van der Waals surface area contributed by atoms with Crippen LogP contribution >= 0.6 is 0 Å². The van der Waals surface area contributed by atoms with Gasteiger partial charge in [-0.2, -0.15) is 0 Å². The molecule has 0 saturated carbocycles.